The van der Waals surface area contributed by atoms with Crippen LogP contribution in [0.5, 0.6) is 11.5 Å². The number of nitrogens with zero attached hydrogens (tertiary/aromatic N) is 1. The Balaban J connectivity index is 2.56. The Morgan fingerprint density at radius 1 is 1.00 bits per heavy atom. The Labute approximate surface area is 169 Å². The normalized spacial score (nSPS) is 11.0. The Morgan fingerprint density at radius 2 is 1.68 bits per heavy atom. The van der Waals surface area contributed by atoms with Crippen LogP contribution in [0.25, 0.3) is 0 Å². The van der Waals surface area contributed by atoms with Crippen molar-refractivity contribution in [2.75, 3.05) is 19.8 Å². The summed E-state index contributed by atoms with van der Waals surface area (Å²) in [6.07, 6.45) is 8.78. The lowest BCUT2D eigenvalue weighted by Gasteiger charge is -2.12. The van der Waals surface area contributed by atoms with Crippen molar-refractivity contribution in [1.29, 1.82) is 5.26 Å². The lowest BCUT2D eigenvalue weighted by atomic mass is 10.1. The average Bonchev–Trinajstić information content (AvgIpc) is 2.70. The number of carbonyl (C=O) groups is 1. The second kappa shape index (κ2) is 14.6. The Morgan fingerprint density at radius 3 is 2.36 bits per heavy atom. The van der Waals surface area contributed by atoms with Gasteiger partial charge in [-0.25, -0.2) is 4.79 Å². The molecule has 0 saturated heterocycles. The number of carbonyl (C=O) groups excluding carboxylic acids is 1. The molecular weight excluding hydrogens is 354 g/mol. The van der Waals surface area contributed by atoms with Crippen molar-refractivity contribution < 1.29 is 19.0 Å². The van der Waals surface area contributed by atoms with Gasteiger partial charge in [0.25, 0.3) is 0 Å². The number of nitriles is 1. The molecule has 5 heteroatoms. The fourth-order valence-corrected chi connectivity index (χ4v) is 2.74. The third-order valence-corrected chi connectivity index (χ3v) is 4.22. The van der Waals surface area contributed by atoms with E-state index in [1.807, 2.05) is 38.1 Å². The van der Waals surface area contributed by atoms with E-state index in [2.05, 4.69) is 6.92 Å². The number of unbranched alkanes of at least 4 members (excludes halogenated alkanes) is 5. The van der Waals surface area contributed by atoms with Crippen LogP contribution in [-0.2, 0) is 16.0 Å². The van der Waals surface area contributed by atoms with E-state index < -0.39 is 5.97 Å². The van der Waals surface area contributed by atoms with E-state index in [0.29, 0.717) is 37.7 Å². The predicted octanol–water partition coefficient (Wildman–Crippen LogP) is 5.38. The molecule has 0 fully saturated rings. The number of benzene rings is 1. The maximum Gasteiger partial charge on any atom is 0.348 e. The summed E-state index contributed by atoms with van der Waals surface area (Å²) in [5.74, 6) is 0.808. The standard InChI is InChI=1S/C23H33NO4/c1-4-7-8-9-10-11-16-28-23(25)20(18-24)14-12-19-13-15-21(26-5-2)22(17-19)27-6-3/h13-15,17H,4-12,16H2,1-3H3/b20-14+. The van der Waals surface area contributed by atoms with E-state index in [1.165, 1.54) is 19.3 Å². The SMILES string of the molecule is CCCCCCCCOC(=O)/C(C#N)=C/Cc1ccc(OCC)c(OCC)c1. The van der Waals surface area contributed by atoms with Crippen molar-refractivity contribution in [3.63, 3.8) is 0 Å². The molecule has 0 aliphatic carbocycles. The Bertz CT molecular complexity index is 661. The molecule has 0 radical (unpaired) electrons. The maximum absolute atomic E-state index is 12.1. The van der Waals surface area contributed by atoms with Gasteiger partial charge in [0, 0.05) is 0 Å². The Kier molecular flexibility index (Phi) is 12.3. The van der Waals surface area contributed by atoms with Crippen molar-refractivity contribution in [1.82, 2.24) is 0 Å². The zero-order chi connectivity index (χ0) is 20.6. The van der Waals surface area contributed by atoms with Gasteiger partial charge < -0.3 is 14.2 Å². The van der Waals surface area contributed by atoms with E-state index in [9.17, 15) is 10.1 Å². The summed E-state index contributed by atoms with van der Waals surface area (Å²) < 4.78 is 16.4. The van der Waals surface area contributed by atoms with Crippen molar-refractivity contribution in [3.8, 4) is 17.6 Å². The molecule has 0 aliphatic rings. The minimum absolute atomic E-state index is 0.0397. The Hall–Kier alpha value is -2.48. The highest BCUT2D eigenvalue weighted by molar-refractivity contribution is 5.92. The predicted molar refractivity (Wildman–Crippen MR) is 111 cm³/mol. The number of hydrogen-bond donors (Lipinski definition) is 0. The minimum Gasteiger partial charge on any atom is -0.490 e. The van der Waals surface area contributed by atoms with Gasteiger partial charge in [-0.1, -0.05) is 51.2 Å². The zero-order valence-electron chi connectivity index (χ0n) is 17.5. The molecule has 0 amide bonds. The van der Waals surface area contributed by atoms with Gasteiger partial charge in [0.15, 0.2) is 11.5 Å². The maximum atomic E-state index is 12.1. The molecule has 0 spiro atoms. The summed E-state index contributed by atoms with van der Waals surface area (Å²) in [7, 11) is 0. The topological polar surface area (TPSA) is 68.6 Å². The van der Waals surface area contributed by atoms with Gasteiger partial charge in [0.05, 0.1) is 19.8 Å². The lowest BCUT2D eigenvalue weighted by Crippen LogP contribution is -2.08. The molecule has 0 heterocycles. The fourth-order valence-electron chi connectivity index (χ4n) is 2.74. The smallest absolute Gasteiger partial charge is 0.348 e. The molecule has 154 valence electrons. The third kappa shape index (κ3) is 8.94. The summed E-state index contributed by atoms with van der Waals surface area (Å²) in [5.41, 5.74) is 0.973. The first-order valence-corrected chi connectivity index (χ1v) is 10.3. The van der Waals surface area contributed by atoms with Gasteiger partial charge in [0.2, 0.25) is 0 Å². The van der Waals surface area contributed by atoms with E-state index in [1.54, 1.807) is 6.08 Å². The molecule has 5 nitrogen and oxygen atoms in total. The van der Waals surface area contributed by atoms with Gasteiger partial charge >= 0.3 is 5.97 Å². The molecule has 0 unspecified atom stereocenters. The second-order valence-corrected chi connectivity index (χ2v) is 6.48. The van der Waals surface area contributed by atoms with E-state index in [0.717, 1.165) is 24.8 Å². The largest absolute Gasteiger partial charge is 0.490 e. The first-order valence-electron chi connectivity index (χ1n) is 10.3. The lowest BCUT2D eigenvalue weighted by molar-refractivity contribution is -0.138. The van der Waals surface area contributed by atoms with Crippen molar-refractivity contribution in [3.05, 3.63) is 35.4 Å². The number of esters is 1. The molecule has 1 aromatic rings. The van der Waals surface area contributed by atoms with Gasteiger partial charge in [-0.05, 0) is 44.4 Å². The van der Waals surface area contributed by atoms with Gasteiger partial charge in [-0.3, -0.25) is 0 Å². The van der Waals surface area contributed by atoms with Crippen LogP contribution in [0.3, 0.4) is 0 Å². The van der Waals surface area contributed by atoms with Crippen LogP contribution in [0.4, 0.5) is 0 Å². The first-order chi connectivity index (χ1) is 13.7. The molecule has 0 aliphatic heterocycles. The fraction of sp³-hybridized carbons (Fsp3) is 0.565. The highest BCUT2D eigenvalue weighted by Gasteiger charge is 2.11. The van der Waals surface area contributed by atoms with Crippen LogP contribution in [0.15, 0.2) is 29.8 Å². The summed E-state index contributed by atoms with van der Waals surface area (Å²) in [5, 5.41) is 9.26. The third-order valence-electron chi connectivity index (χ3n) is 4.22. The summed E-state index contributed by atoms with van der Waals surface area (Å²) >= 11 is 0. The number of allylic oxidation sites excluding steroid dienone is 1. The molecule has 0 aromatic heterocycles. The molecule has 1 rings (SSSR count). The molecule has 0 saturated carbocycles. The van der Waals surface area contributed by atoms with Crippen LogP contribution in [0.2, 0.25) is 0 Å². The van der Waals surface area contributed by atoms with Crippen molar-refractivity contribution in [2.24, 2.45) is 0 Å². The molecule has 0 atom stereocenters. The van der Waals surface area contributed by atoms with Gasteiger partial charge in [-0.15, -0.1) is 0 Å². The van der Waals surface area contributed by atoms with Crippen LogP contribution < -0.4 is 9.47 Å². The second-order valence-electron chi connectivity index (χ2n) is 6.48. The number of ether oxygens (including phenoxy) is 3. The highest BCUT2D eigenvalue weighted by Crippen LogP contribution is 2.28. The minimum atomic E-state index is -0.549. The summed E-state index contributed by atoms with van der Waals surface area (Å²) in [6.45, 7) is 7.47. The monoisotopic (exact) mass is 387 g/mol. The van der Waals surface area contributed by atoms with Crippen molar-refractivity contribution in [2.45, 2.75) is 65.7 Å². The average molecular weight is 388 g/mol. The molecular formula is C23H33NO4. The first kappa shape index (κ1) is 23.6. The number of hydrogen-bond acceptors (Lipinski definition) is 5. The van der Waals surface area contributed by atoms with Crippen LogP contribution >= 0.6 is 0 Å². The van der Waals surface area contributed by atoms with Gasteiger partial charge in [-0.2, -0.15) is 5.26 Å². The van der Waals surface area contributed by atoms with Crippen molar-refractivity contribution >= 4 is 5.97 Å². The van der Waals surface area contributed by atoms with E-state index in [4.69, 9.17) is 14.2 Å². The summed E-state index contributed by atoms with van der Waals surface area (Å²) in [6, 6.07) is 7.57. The number of rotatable bonds is 14. The summed E-state index contributed by atoms with van der Waals surface area (Å²) in [4.78, 5) is 12.1. The van der Waals surface area contributed by atoms with Crippen LogP contribution in [-0.4, -0.2) is 25.8 Å². The quantitative estimate of drug-likeness (QED) is 0.185. The molecule has 28 heavy (non-hydrogen) atoms. The van der Waals surface area contributed by atoms with Crippen LogP contribution in [0.1, 0.15) is 64.9 Å². The zero-order valence-corrected chi connectivity index (χ0v) is 17.5. The van der Waals surface area contributed by atoms with Crippen LogP contribution in [0, 0.1) is 11.3 Å². The molecule has 0 bridgehead atoms. The van der Waals surface area contributed by atoms with E-state index >= 15 is 0 Å². The molecule has 0 N–H and O–H groups in total. The highest BCUT2D eigenvalue weighted by atomic mass is 16.5. The van der Waals surface area contributed by atoms with Gasteiger partial charge in [0.1, 0.15) is 11.6 Å². The van der Waals surface area contributed by atoms with E-state index in [-0.39, 0.29) is 5.57 Å². The molecule has 1 aromatic carbocycles.